The number of ether oxygens (including phenoxy) is 1. The highest BCUT2D eigenvalue weighted by molar-refractivity contribution is 7.99. The van der Waals surface area contributed by atoms with Gasteiger partial charge in [0.1, 0.15) is 5.82 Å². The van der Waals surface area contributed by atoms with Crippen LogP contribution in [0, 0.1) is 0 Å². The summed E-state index contributed by atoms with van der Waals surface area (Å²) in [5.74, 6) is 2.61. The first-order chi connectivity index (χ1) is 14.8. The molecule has 0 saturated carbocycles. The van der Waals surface area contributed by atoms with Gasteiger partial charge in [0.2, 0.25) is 0 Å². The fraction of sp³-hybridized carbons (Fsp3) is 0.522. The Kier molecular flexibility index (Phi) is 6.02. The van der Waals surface area contributed by atoms with Crippen LogP contribution in [0.3, 0.4) is 0 Å². The minimum atomic E-state index is 0.377. The van der Waals surface area contributed by atoms with Crippen molar-refractivity contribution in [3.05, 3.63) is 47.9 Å². The lowest BCUT2D eigenvalue weighted by Gasteiger charge is -2.31. The predicted molar refractivity (Wildman–Crippen MR) is 120 cm³/mol. The molecule has 1 unspecified atom stereocenters. The number of aromatic nitrogens is 4. The fourth-order valence-corrected chi connectivity index (χ4v) is 5.62. The summed E-state index contributed by atoms with van der Waals surface area (Å²) in [6.07, 6.45) is 6.92. The molecule has 2 aromatic heterocycles. The van der Waals surface area contributed by atoms with Crippen LogP contribution < -0.4 is 0 Å². The first-order valence-corrected chi connectivity index (χ1v) is 11.9. The lowest BCUT2D eigenvalue weighted by Crippen LogP contribution is -2.33. The highest BCUT2D eigenvalue weighted by Crippen LogP contribution is 2.30. The summed E-state index contributed by atoms with van der Waals surface area (Å²) < 4.78 is 7.94. The molecular weight excluding hydrogens is 394 g/mol. The van der Waals surface area contributed by atoms with E-state index in [2.05, 4.69) is 62.0 Å². The van der Waals surface area contributed by atoms with Crippen LogP contribution in [-0.4, -0.2) is 56.2 Å². The zero-order chi connectivity index (χ0) is 20.3. The first-order valence-electron chi connectivity index (χ1n) is 11.0. The van der Waals surface area contributed by atoms with Crippen LogP contribution >= 0.6 is 11.8 Å². The molecule has 158 valence electrons. The molecule has 1 aromatic carbocycles. The van der Waals surface area contributed by atoms with E-state index in [1.807, 2.05) is 6.20 Å². The first kappa shape index (κ1) is 20.0. The van der Waals surface area contributed by atoms with Crippen LogP contribution in [0.25, 0.3) is 10.9 Å². The number of hydrogen-bond acceptors (Lipinski definition) is 6. The summed E-state index contributed by atoms with van der Waals surface area (Å²) in [6.45, 7) is 4.07. The van der Waals surface area contributed by atoms with Crippen molar-refractivity contribution in [3.63, 3.8) is 0 Å². The van der Waals surface area contributed by atoms with E-state index in [-0.39, 0.29) is 0 Å². The van der Waals surface area contributed by atoms with Crippen LogP contribution in [0.5, 0.6) is 0 Å². The summed E-state index contributed by atoms with van der Waals surface area (Å²) in [5.41, 5.74) is 2.45. The largest absolute Gasteiger partial charge is 0.377 e. The number of likely N-dealkylation sites (tertiary alicyclic amines) is 1. The maximum Gasteiger partial charge on any atom is 0.191 e. The standard InChI is InChI=1S/C23H29N5OS/c1-27-22(25-26-23(27)30-16-19-5-4-14-29-19)17-9-12-28(13-10-17)15-18-8-11-24-21-7-3-2-6-20(18)21/h2-3,6-8,11,17,19H,4-5,9-10,12-16H2,1H3. The molecule has 0 spiro atoms. The summed E-state index contributed by atoms with van der Waals surface area (Å²) in [5, 5.41) is 11.3. The van der Waals surface area contributed by atoms with E-state index >= 15 is 0 Å². The van der Waals surface area contributed by atoms with Crippen LogP contribution in [0.4, 0.5) is 0 Å². The second-order valence-electron chi connectivity index (χ2n) is 8.38. The van der Waals surface area contributed by atoms with Gasteiger partial charge < -0.3 is 9.30 Å². The van der Waals surface area contributed by atoms with E-state index < -0.39 is 0 Å². The molecule has 2 saturated heterocycles. The van der Waals surface area contributed by atoms with Crippen LogP contribution in [-0.2, 0) is 18.3 Å². The SMILES string of the molecule is Cn1c(SCC2CCCO2)nnc1C1CCN(Cc2ccnc3ccccc23)CC1. The van der Waals surface area contributed by atoms with Gasteiger partial charge in [0.15, 0.2) is 5.16 Å². The number of fused-ring (bicyclic) bond motifs is 1. The van der Waals surface area contributed by atoms with Gasteiger partial charge in [-0.25, -0.2) is 0 Å². The van der Waals surface area contributed by atoms with Crippen LogP contribution in [0.15, 0.2) is 41.7 Å². The number of piperidine rings is 1. The van der Waals surface area contributed by atoms with Crippen molar-refractivity contribution in [3.8, 4) is 0 Å². The number of para-hydroxylation sites is 1. The fourth-order valence-electron chi connectivity index (χ4n) is 4.63. The Hall–Kier alpha value is -1.96. The summed E-state index contributed by atoms with van der Waals surface area (Å²) in [6, 6.07) is 10.6. The zero-order valence-corrected chi connectivity index (χ0v) is 18.4. The quantitative estimate of drug-likeness (QED) is 0.558. The number of pyridine rings is 1. The molecule has 2 aliphatic rings. The van der Waals surface area contributed by atoms with Crippen LogP contribution in [0.2, 0.25) is 0 Å². The summed E-state index contributed by atoms with van der Waals surface area (Å²) in [4.78, 5) is 7.05. The van der Waals surface area contributed by atoms with Gasteiger partial charge in [0.05, 0.1) is 11.6 Å². The molecule has 30 heavy (non-hydrogen) atoms. The van der Waals surface area contributed by atoms with E-state index in [1.54, 1.807) is 11.8 Å². The van der Waals surface area contributed by atoms with E-state index in [0.717, 1.165) is 61.3 Å². The third kappa shape index (κ3) is 4.24. The molecule has 0 bridgehead atoms. The maximum absolute atomic E-state index is 5.74. The molecular formula is C23H29N5OS. The lowest BCUT2D eigenvalue weighted by molar-refractivity contribution is 0.129. The van der Waals surface area contributed by atoms with Gasteiger partial charge in [-0.3, -0.25) is 9.88 Å². The van der Waals surface area contributed by atoms with E-state index in [9.17, 15) is 0 Å². The Morgan fingerprint density at radius 3 is 2.80 bits per heavy atom. The summed E-state index contributed by atoms with van der Waals surface area (Å²) in [7, 11) is 2.11. The van der Waals surface area contributed by atoms with Gasteiger partial charge in [0, 0.05) is 43.5 Å². The number of hydrogen-bond donors (Lipinski definition) is 0. The third-order valence-electron chi connectivity index (χ3n) is 6.38. The molecule has 4 heterocycles. The Morgan fingerprint density at radius 1 is 1.10 bits per heavy atom. The smallest absolute Gasteiger partial charge is 0.191 e. The average molecular weight is 424 g/mol. The lowest BCUT2D eigenvalue weighted by atomic mass is 9.95. The molecule has 7 heteroatoms. The van der Waals surface area contributed by atoms with Gasteiger partial charge in [0.25, 0.3) is 0 Å². The van der Waals surface area contributed by atoms with E-state index in [4.69, 9.17) is 4.74 Å². The van der Waals surface area contributed by atoms with Crippen molar-refractivity contribution in [1.29, 1.82) is 0 Å². The van der Waals surface area contributed by atoms with Crippen molar-refractivity contribution in [2.45, 2.75) is 49.4 Å². The van der Waals surface area contributed by atoms with Crippen LogP contribution in [0.1, 0.15) is 43.0 Å². The molecule has 0 radical (unpaired) electrons. The highest BCUT2D eigenvalue weighted by atomic mass is 32.2. The predicted octanol–water partition coefficient (Wildman–Crippen LogP) is 4.01. The molecule has 0 aliphatic carbocycles. The third-order valence-corrected chi connectivity index (χ3v) is 7.53. The van der Waals surface area contributed by atoms with Gasteiger partial charge in [-0.05, 0) is 56.5 Å². The average Bonchev–Trinajstić information content (AvgIpc) is 3.43. The molecule has 0 amide bonds. The molecule has 2 fully saturated rings. The van der Waals surface area contributed by atoms with Crippen molar-refractivity contribution in [1.82, 2.24) is 24.6 Å². The van der Waals surface area contributed by atoms with Gasteiger partial charge in [-0.1, -0.05) is 30.0 Å². The molecule has 0 N–H and O–H groups in total. The summed E-state index contributed by atoms with van der Waals surface area (Å²) >= 11 is 1.78. The molecule has 1 atom stereocenters. The second-order valence-corrected chi connectivity index (χ2v) is 9.37. The number of rotatable bonds is 6. The zero-order valence-electron chi connectivity index (χ0n) is 17.5. The topological polar surface area (TPSA) is 56.1 Å². The Labute approximate surface area is 182 Å². The Balaban J connectivity index is 1.19. The van der Waals surface area contributed by atoms with Crippen molar-refractivity contribution in [2.75, 3.05) is 25.4 Å². The van der Waals surface area contributed by atoms with E-state index in [1.165, 1.54) is 23.8 Å². The van der Waals surface area contributed by atoms with Gasteiger partial charge in [-0.15, -0.1) is 10.2 Å². The molecule has 6 nitrogen and oxygen atoms in total. The van der Waals surface area contributed by atoms with Crippen molar-refractivity contribution >= 4 is 22.7 Å². The Bertz CT molecular complexity index is 987. The second kappa shape index (κ2) is 9.04. The number of nitrogens with zero attached hydrogens (tertiary/aromatic N) is 5. The molecule has 3 aromatic rings. The van der Waals surface area contributed by atoms with Gasteiger partial charge >= 0.3 is 0 Å². The normalized spacial score (nSPS) is 20.9. The van der Waals surface area contributed by atoms with E-state index in [0.29, 0.717) is 12.0 Å². The Morgan fingerprint density at radius 2 is 1.97 bits per heavy atom. The maximum atomic E-state index is 5.74. The minimum absolute atomic E-state index is 0.377. The number of benzene rings is 1. The van der Waals surface area contributed by atoms with Crippen molar-refractivity contribution < 1.29 is 4.74 Å². The molecule has 2 aliphatic heterocycles. The monoisotopic (exact) mass is 423 g/mol. The minimum Gasteiger partial charge on any atom is -0.377 e. The molecule has 5 rings (SSSR count). The highest BCUT2D eigenvalue weighted by Gasteiger charge is 2.26. The van der Waals surface area contributed by atoms with Crippen molar-refractivity contribution in [2.24, 2.45) is 7.05 Å². The van der Waals surface area contributed by atoms with Gasteiger partial charge in [-0.2, -0.15) is 0 Å². The number of thioether (sulfide) groups is 1.